The van der Waals surface area contributed by atoms with Crippen molar-refractivity contribution < 1.29 is 18.5 Å². The standard InChI is InChI=1S/C4H10ClO4PS/c1-2-8-10(6,7)9-3-4-11-5/h2-4H2,1H3,(H,6,7). The smallest absolute Gasteiger partial charge is 0.302 e. The van der Waals surface area contributed by atoms with Crippen molar-refractivity contribution >= 4 is 29.5 Å². The first kappa shape index (κ1) is 11.8. The van der Waals surface area contributed by atoms with Crippen LogP contribution in [0.1, 0.15) is 6.92 Å². The highest BCUT2D eigenvalue weighted by Gasteiger charge is 2.18. The molecular weight excluding hydrogens is 211 g/mol. The van der Waals surface area contributed by atoms with Gasteiger partial charge in [-0.25, -0.2) is 4.57 Å². The molecule has 0 amide bonds. The second-order valence-electron chi connectivity index (χ2n) is 1.53. The number of hydrogen-bond acceptors (Lipinski definition) is 4. The number of phosphoric acid groups is 1. The van der Waals surface area contributed by atoms with Gasteiger partial charge >= 0.3 is 7.82 Å². The van der Waals surface area contributed by atoms with Gasteiger partial charge in [-0.05, 0) is 17.6 Å². The molecule has 0 saturated carbocycles. The summed E-state index contributed by atoms with van der Waals surface area (Å²) in [7, 11) is 2.46. The van der Waals surface area contributed by atoms with Gasteiger partial charge in [0.1, 0.15) is 0 Å². The summed E-state index contributed by atoms with van der Waals surface area (Å²) in [6.07, 6.45) is 0. The average molecular weight is 221 g/mol. The van der Waals surface area contributed by atoms with Gasteiger partial charge in [0.2, 0.25) is 0 Å². The van der Waals surface area contributed by atoms with E-state index >= 15 is 0 Å². The molecule has 0 rings (SSSR count). The molecule has 0 bridgehead atoms. The Kier molecular flexibility index (Phi) is 6.71. The summed E-state index contributed by atoms with van der Waals surface area (Å²) in [5.41, 5.74) is 0. The largest absolute Gasteiger partial charge is 0.472 e. The third-order valence-corrected chi connectivity index (χ3v) is 2.58. The van der Waals surface area contributed by atoms with Gasteiger partial charge in [0, 0.05) is 5.75 Å². The lowest BCUT2D eigenvalue weighted by molar-refractivity contribution is 0.162. The van der Waals surface area contributed by atoms with Crippen LogP contribution in [-0.4, -0.2) is 23.9 Å². The van der Waals surface area contributed by atoms with E-state index in [4.69, 9.17) is 15.6 Å². The van der Waals surface area contributed by atoms with E-state index in [2.05, 4.69) is 9.05 Å². The Hall–Kier alpha value is 0.750. The Morgan fingerprint density at radius 1 is 1.64 bits per heavy atom. The van der Waals surface area contributed by atoms with Crippen LogP contribution in [-0.2, 0) is 13.6 Å². The minimum Gasteiger partial charge on any atom is -0.302 e. The maximum Gasteiger partial charge on any atom is 0.472 e. The minimum absolute atomic E-state index is 0.113. The van der Waals surface area contributed by atoms with Gasteiger partial charge in [-0.1, -0.05) is 11.0 Å². The van der Waals surface area contributed by atoms with Crippen LogP contribution in [0.25, 0.3) is 0 Å². The molecule has 0 aromatic heterocycles. The summed E-state index contributed by atoms with van der Waals surface area (Å²) < 4.78 is 19.7. The van der Waals surface area contributed by atoms with E-state index in [9.17, 15) is 4.57 Å². The molecule has 0 heterocycles. The van der Waals surface area contributed by atoms with E-state index in [1.54, 1.807) is 6.92 Å². The normalized spacial score (nSPS) is 16.3. The quantitative estimate of drug-likeness (QED) is 0.548. The lowest BCUT2D eigenvalue weighted by Gasteiger charge is -2.08. The third kappa shape index (κ3) is 7.12. The van der Waals surface area contributed by atoms with Crippen molar-refractivity contribution in [3.05, 3.63) is 0 Å². The molecule has 0 fully saturated rings. The minimum atomic E-state index is -3.79. The fourth-order valence-corrected chi connectivity index (χ4v) is 1.57. The summed E-state index contributed by atoms with van der Waals surface area (Å²) >= 11 is 0. The third-order valence-electron chi connectivity index (χ3n) is 0.707. The maximum atomic E-state index is 10.7. The number of halogens is 1. The summed E-state index contributed by atoms with van der Waals surface area (Å²) in [6, 6.07) is 0. The SMILES string of the molecule is CCOP(=O)(O)OCCSCl. The molecule has 0 radical (unpaired) electrons. The zero-order valence-corrected chi connectivity index (χ0v) is 8.49. The second-order valence-corrected chi connectivity index (χ2v) is 4.27. The van der Waals surface area contributed by atoms with Gasteiger partial charge in [-0.3, -0.25) is 9.05 Å². The number of hydrogen-bond donors (Lipinski definition) is 1. The van der Waals surface area contributed by atoms with E-state index in [0.717, 1.165) is 11.0 Å². The predicted octanol–water partition coefficient (Wildman–Crippen LogP) is 2.03. The van der Waals surface area contributed by atoms with Crippen molar-refractivity contribution in [1.29, 1.82) is 0 Å². The lowest BCUT2D eigenvalue weighted by atomic mass is 10.9. The zero-order valence-electron chi connectivity index (χ0n) is 6.03. The molecule has 0 aliphatic rings. The van der Waals surface area contributed by atoms with E-state index in [1.165, 1.54) is 0 Å². The zero-order chi connectivity index (χ0) is 8.74. The van der Waals surface area contributed by atoms with Crippen LogP contribution < -0.4 is 0 Å². The Bertz CT molecular complexity index is 144. The first-order chi connectivity index (χ1) is 5.12. The van der Waals surface area contributed by atoms with Crippen LogP contribution >= 0.6 is 29.5 Å². The summed E-state index contributed by atoms with van der Waals surface area (Å²) in [6.45, 7) is 1.88. The number of phosphoric ester groups is 1. The highest BCUT2D eigenvalue weighted by molar-refractivity contribution is 8.21. The Balaban J connectivity index is 3.47. The van der Waals surface area contributed by atoms with Crippen LogP contribution in [0.2, 0.25) is 0 Å². The van der Waals surface area contributed by atoms with Crippen LogP contribution in [0.5, 0.6) is 0 Å². The molecule has 11 heavy (non-hydrogen) atoms. The van der Waals surface area contributed by atoms with Crippen molar-refractivity contribution in [2.45, 2.75) is 6.92 Å². The summed E-state index contributed by atoms with van der Waals surface area (Å²) in [5, 5.41) is 0. The fourth-order valence-electron chi connectivity index (χ4n) is 0.385. The molecule has 0 aliphatic heterocycles. The first-order valence-corrected chi connectivity index (χ1v) is 6.28. The highest BCUT2D eigenvalue weighted by atomic mass is 35.7. The summed E-state index contributed by atoms with van der Waals surface area (Å²) in [5.74, 6) is 0.458. The van der Waals surface area contributed by atoms with Crippen molar-refractivity contribution in [2.75, 3.05) is 19.0 Å². The van der Waals surface area contributed by atoms with E-state index in [1.807, 2.05) is 0 Å². The lowest BCUT2D eigenvalue weighted by Crippen LogP contribution is -1.97. The van der Waals surface area contributed by atoms with Crippen molar-refractivity contribution in [3.8, 4) is 0 Å². The van der Waals surface area contributed by atoms with Gasteiger partial charge in [0.05, 0.1) is 13.2 Å². The Morgan fingerprint density at radius 2 is 2.27 bits per heavy atom. The molecule has 0 aromatic rings. The van der Waals surface area contributed by atoms with E-state index < -0.39 is 7.82 Å². The first-order valence-electron chi connectivity index (χ1n) is 2.98. The Morgan fingerprint density at radius 3 is 2.73 bits per heavy atom. The molecular formula is C4H10ClO4PS. The van der Waals surface area contributed by atoms with E-state index in [0.29, 0.717) is 5.75 Å². The summed E-state index contributed by atoms with van der Waals surface area (Å²) in [4.78, 5) is 8.80. The van der Waals surface area contributed by atoms with Gasteiger partial charge in [0.15, 0.2) is 0 Å². The highest BCUT2D eigenvalue weighted by Crippen LogP contribution is 2.42. The maximum absolute atomic E-state index is 10.7. The molecule has 0 aromatic carbocycles. The van der Waals surface area contributed by atoms with Crippen molar-refractivity contribution in [2.24, 2.45) is 0 Å². The van der Waals surface area contributed by atoms with Crippen LogP contribution in [0.4, 0.5) is 0 Å². The van der Waals surface area contributed by atoms with Gasteiger partial charge < -0.3 is 4.89 Å². The predicted molar refractivity (Wildman–Crippen MR) is 45.7 cm³/mol. The molecule has 68 valence electrons. The van der Waals surface area contributed by atoms with Crippen LogP contribution in [0, 0.1) is 0 Å². The molecule has 1 unspecified atom stereocenters. The molecule has 1 atom stereocenters. The van der Waals surface area contributed by atoms with Crippen molar-refractivity contribution in [3.63, 3.8) is 0 Å². The molecule has 0 aliphatic carbocycles. The van der Waals surface area contributed by atoms with E-state index in [-0.39, 0.29) is 13.2 Å². The van der Waals surface area contributed by atoms with Gasteiger partial charge in [-0.15, -0.1) is 0 Å². The average Bonchev–Trinajstić information content (AvgIpc) is 1.87. The van der Waals surface area contributed by atoms with Crippen molar-refractivity contribution in [1.82, 2.24) is 0 Å². The molecule has 4 nitrogen and oxygen atoms in total. The molecule has 0 spiro atoms. The molecule has 0 saturated heterocycles. The second kappa shape index (κ2) is 6.29. The van der Waals surface area contributed by atoms with Gasteiger partial charge in [0.25, 0.3) is 0 Å². The topological polar surface area (TPSA) is 55.8 Å². The number of rotatable bonds is 6. The Labute approximate surface area is 74.3 Å². The van der Waals surface area contributed by atoms with Crippen LogP contribution in [0.15, 0.2) is 0 Å². The monoisotopic (exact) mass is 220 g/mol. The fraction of sp³-hybridized carbons (Fsp3) is 1.00. The molecule has 7 heteroatoms. The van der Waals surface area contributed by atoms with Crippen LogP contribution in [0.3, 0.4) is 0 Å². The van der Waals surface area contributed by atoms with Gasteiger partial charge in [-0.2, -0.15) is 0 Å². The molecule has 1 N–H and O–H groups in total.